The van der Waals surface area contributed by atoms with Crippen molar-refractivity contribution < 1.29 is 18.7 Å². The number of nitrogens with one attached hydrogen (secondary N) is 1. The van der Waals surface area contributed by atoms with Crippen LogP contribution in [0, 0.1) is 6.92 Å². The maximum atomic E-state index is 12.6. The van der Waals surface area contributed by atoms with E-state index in [1.54, 1.807) is 42.6 Å². The molecular formula is C22H17N3O4. The van der Waals surface area contributed by atoms with E-state index in [1.165, 1.54) is 0 Å². The molecule has 0 aliphatic rings. The zero-order valence-electron chi connectivity index (χ0n) is 15.6. The fourth-order valence-electron chi connectivity index (χ4n) is 2.76. The summed E-state index contributed by atoms with van der Waals surface area (Å²) in [4.78, 5) is 33.1. The largest absolute Gasteiger partial charge is 0.452 e. The summed E-state index contributed by atoms with van der Waals surface area (Å²) in [6.45, 7) is 1.46. The van der Waals surface area contributed by atoms with Gasteiger partial charge in [-0.3, -0.25) is 4.79 Å². The van der Waals surface area contributed by atoms with Crippen LogP contribution in [0.1, 0.15) is 15.9 Å². The Labute approximate surface area is 166 Å². The molecule has 0 fully saturated rings. The first kappa shape index (κ1) is 18.4. The van der Waals surface area contributed by atoms with Crippen molar-refractivity contribution in [3.05, 3.63) is 78.0 Å². The summed E-state index contributed by atoms with van der Waals surface area (Å²) < 4.78 is 10.9. The molecule has 0 radical (unpaired) electrons. The Balaban J connectivity index is 1.47. The van der Waals surface area contributed by atoms with Gasteiger partial charge in [-0.15, -0.1) is 0 Å². The molecule has 2 aromatic heterocycles. The van der Waals surface area contributed by atoms with Crippen molar-refractivity contribution in [2.45, 2.75) is 6.92 Å². The van der Waals surface area contributed by atoms with E-state index in [2.05, 4.69) is 15.3 Å². The minimum absolute atomic E-state index is 0.264. The number of aryl methyl sites for hydroxylation is 1. The van der Waals surface area contributed by atoms with Gasteiger partial charge in [-0.25, -0.2) is 14.8 Å². The van der Waals surface area contributed by atoms with Crippen LogP contribution in [0.4, 0.5) is 5.82 Å². The zero-order valence-corrected chi connectivity index (χ0v) is 15.6. The van der Waals surface area contributed by atoms with Crippen LogP contribution in [-0.2, 0) is 9.53 Å². The van der Waals surface area contributed by atoms with Crippen molar-refractivity contribution in [1.82, 2.24) is 9.97 Å². The number of hydrogen-bond donors (Lipinski definition) is 1. The van der Waals surface area contributed by atoms with Gasteiger partial charge in [0.2, 0.25) is 5.89 Å². The number of carbonyl (C=O) groups is 2. The van der Waals surface area contributed by atoms with E-state index in [1.807, 2.05) is 31.2 Å². The van der Waals surface area contributed by atoms with Crippen LogP contribution in [0.5, 0.6) is 0 Å². The fourth-order valence-corrected chi connectivity index (χ4v) is 2.76. The van der Waals surface area contributed by atoms with E-state index < -0.39 is 18.5 Å². The highest BCUT2D eigenvalue weighted by Gasteiger charge is 2.19. The number of nitrogens with zero attached hydrogens (tertiary/aromatic N) is 2. The molecule has 0 aliphatic heterocycles. The number of pyridine rings is 1. The molecule has 1 N–H and O–H groups in total. The predicted octanol–water partition coefficient (Wildman–Crippen LogP) is 3.99. The predicted molar refractivity (Wildman–Crippen MR) is 107 cm³/mol. The molecule has 0 bridgehead atoms. The minimum Gasteiger partial charge on any atom is -0.452 e. The Morgan fingerprint density at radius 2 is 1.83 bits per heavy atom. The maximum absolute atomic E-state index is 12.6. The van der Waals surface area contributed by atoms with Crippen molar-refractivity contribution in [3.8, 4) is 11.5 Å². The molecule has 7 nitrogen and oxygen atoms in total. The van der Waals surface area contributed by atoms with E-state index >= 15 is 0 Å². The first-order valence-corrected chi connectivity index (χ1v) is 8.95. The summed E-state index contributed by atoms with van der Waals surface area (Å²) >= 11 is 0. The average Bonchev–Trinajstić information content (AvgIpc) is 3.18. The first-order valence-electron chi connectivity index (χ1n) is 8.95. The second-order valence-corrected chi connectivity index (χ2v) is 6.38. The molecule has 4 aromatic rings. The van der Waals surface area contributed by atoms with Gasteiger partial charge in [0.15, 0.2) is 12.2 Å². The van der Waals surface area contributed by atoms with E-state index in [0.717, 1.165) is 5.56 Å². The number of rotatable bonds is 5. The number of ether oxygens (including phenoxy) is 1. The summed E-state index contributed by atoms with van der Waals surface area (Å²) in [5.74, 6) is -0.417. The SMILES string of the molecule is Cc1ccc(NC(=O)COC(=O)c2ccccc2-c2nc3ccccc3o2)nc1. The number of anilines is 1. The number of fused-ring (bicyclic) bond motifs is 1. The summed E-state index contributed by atoms with van der Waals surface area (Å²) in [6, 6.07) is 17.6. The van der Waals surface area contributed by atoms with Crippen LogP contribution in [0.25, 0.3) is 22.6 Å². The topological polar surface area (TPSA) is 94.3 Å². The quantitative estimate of drug-likeness (QED) is 0.520. The third-order valence-corrected chi connectivity index (χ3v) is 4.18. The highest BCUT2D eigenvalue weighted by atomic mass is 16.5. The van der Waals surface area contributed by atoms with Crippen molar-refractivity contribution in [3.63, 3.8) is 0 Å². The van der Waals surface area contributed by atoms with Crippen LogP contribution >= 0.6 is 0 Å². The van der Waals surface area contributed by atoms with Gasteiger partial charge >= 0.3 is 5.97 Å². The Hall–Kier alpha value is -4.00. The fraction of sp³-hybridized carbons (Fsp3) is 0.0909. The molecule has 0 saturated carbocycles. The Kier molecular flexibility index (Phi) is 5.03. The number of amides is 1. The van der Waals surface area contributed by atoms with Crippen LogP contribution in [-0.4, -0.2) is 28.5 Å². The number of hydrogen-bond acceptors (Lipinski definition) is 6. The lowest BCUT2D eigenvalue weighted by molar-refractivity contribution is -0.119. The van der Waals surface area contributed by atoms with E-state index in [4.69, 9.17) is 9.15 Å². The smallest absolute Gasteiger partial charge is 0.339 e. The van der Waals surface area contributed by atoms with Crippen LogP contribution in [0.2, 0.25) is 0 Å². The van der Waals surface area contributed by atoms with E-state index in [-0.39, 0.29) is 5.56 Å². The highest BCUT2D eigenvalue weighted by Crippen LogP contribution is 2.27. The Morgan fingerprint density at radius 3 is 2.62 bits per heavy atom. The maximum Gasteiger partial charge on any atom is 0.339 e. The Morgan fingerprint density at radius 1 is 1.03 bits per heavy atom. The summed E-state index contributed by atoms with van der Waals surface area (Å²) in [5.41, 5.74) is 3.05. The molecule has 144 valence electrons. The second kappa shape index (κ2) is 7.93. The van der Waals surface area contributed by atoms with Gasteiger partial charge in [0.05, 0.1) is 11.1 Å². The van der Waals surface area contributed by atoms with Crippen LogP contribution in [0.3, 0.4) is 0 Å². The molecule has 0 saturated heterocycles. The summed E-state index contributed by atoms with van der Waals surface area (Å²) in [6.07, 6.45) is 1.64. The van der Waals surface area contributed by atoms with Crippen LogP contribution < -0.4 is 5.32 Å². The standard InChI is InChI=1S/C22H17N3O4/c1-14-10-11-19(23-12-14)25-20(26)13-28-22(27)16-7-3-2-6-15(16)21-24-17-8-4-5-9-18(17)29-21/h2-12H,13H2,1H3,(H,23,25,26). The van der Waals surface area contributed by atoms with Gasteiger partial charge in [-0.05, 0) is 42.8 Å². The number of oxazole rings is 1. The molecule has 0 spiro atoms. The van der Waals surface area contributed by atoms with Gasteiger partial charge in [0.25, 0.3) is 5.91 Å². The van der Waals surface area contributed by atoms with Crippen molar-refractivity contribution >= 4 is 28.8 Å². The lowest BCUT2D eigenvalue weighted by Crippen LogP contribution is -2.21. The monoisotopic (exact) mass is 387 g/mol. The van der Waals surface area contributed by atoms with E-state index in [9.17, 15) is 9.59 Å². The van der Waals surface area contributed by atoms with Gasteiger partial charge < -0.3 is 14.5 Å². The number of benzene rings is 2. The molecule has 0 unspecified atom stereocenters. The molecule has 1 amide bonds. The minimum atomic E-state index is -0.644. The number of para-hydroxylation sites is 2. The van der Waals surface area contributed by atoms with Gasteiger partial charge in [0.1, 0.15) is 11.3 Å². The van der Waals surface area contributed by atoms with Crippen molar-refractivity contribution in [2.24, 2.45) is 0 Å². The zero-order chi connectivity index (χ0) is 20.2. The van der Waals surface area contributed by atoms with E-state index in [0.29, 0.717) is 28.4 Å². The van der Waals surface area contributed by atoms with Gasteiger partial charge in [-0.1, -0.05) is 30.3 Å². The first-order chi connectivity index (χ1) is 14.1. The third kappa shape index (κ3) is 4.14. The number of esters is 1. The molecule has 4 rings (SSSR count). The lowest BCUT2D eigenvalue weighted by Gasteiger charge is -2.08. The molecule has 2 heterocycles. The normalized spacial score (nSPS) is 10.7. The highest BCUT2D eigenvalue weighted by molar-refractivity contribution is 5.99. The van der Waals surface area contributed by atoms with Crippen LogP contribution in [0.15, 0.2) is 71.3 Å². The molecule has 7 heteroatoms. The number of carbonyl (C=O) groups excluding carboxylic acids is 2. The Bertz CT molecular complexity index is 1150. The van der Waals surface area contributed by atoms with Crippen molar-refractivity contribution in [1.29, 1.82) is 0 Å². The molecule has 0 atom stereocenters. The van der Waals surface area contributed by atoms with Gasteiger partial charge in [0, 0.05) is 6.20 Å². The second-order valence-electron chi connectivity index (χ2n) is 6.38. The number of aromatic nitrogens is 2. The lowest BCUT2D eigenvalue weighted by atomic mass is 10.1. The van der Waals surface area contributed by atoms with Gasteiger partial charge in [-0.2, -0.15) is 0 Å². The molecule has 2 aromatic carbocycles. The molecule has 29 heavy (non-hydrogen) atoms. The average molecular weight is 387 g/mol. The third-order valence-electron chi connectivity index (χ3n) is 4.18. The molecular weight excluding hydrogens is 370 g/mol. The van der Waals surface area contributed by atoms with Crippen molar-refractivity contribution in [2.75, 3.05) is 11.9 Å². The summed E-state index contributed by atoms with van der Waals surface area (Å²) in [7, 11) is 0. The molecule has 0 aliphatic carbocycles. The summed E-state index contributed by atoms with van der Waals surface area (Å²) in [5, 5.41) is 2.58.